The Kier molecular flexibility index (Phi) is 4.66. The standard InChI is InChI=1S/C14H19F2NO/c1-17-13(9-10-5-2-3-8-18-10)11-6-4-7-12(15)14(11)16/h4,6-7,10,13,17H,2-3,5,8-9H2,1H3. The molecule has 0 spiro atoms. The predicted molar refractivity (Wildman–Crippen MR) is 66.4 cm³/mol. The maximum Gasteiger partial charge on any atom is 0.163 e. The van der Waals surface area contributed by atoms with Gasteiger partial charge in [-0.25, -0.2) is 8.78 Å². The number of ether oxygens (including phenoxy) is 1. The van der Waals surface area contributed by atoms with Gasteiger partial charge in [-0.2, -0.15) is 0 Å². The highest BCUT2D eigenvalue weighted by atomic mass is 19.2. The van der Waals surface area contributed by atoms with Gasteiger partial charge in [-0.3, -0.25) is 0 Å². The van der Waals surface area contributed by atoms with Crippen molar-refractivity contribution in [2.75, 3.05) is 13.7 Å². The van der Waals surface area contributed by atoms with E-state index < -0.39 is 11.6 Å². The van der Waals surface area contributed by atoms with Gasteiger partial charge in [0.15, 0.2) is 11.6 Å². The van der Waals surface area contributed by atoms with E-state index in [9.17, 15) is 8.78 Å². The SMILES string of the molecule is CNC(CC1CCCCO1)c1cccc(F)c1F. The Hall–Kier alpha value is -1.00. The summed E-state index contributed by atoms with van der Waals surface area (Å²) >= 11 is 0. The lowest BCUT2D eigenvalue weighted by atomic mass is 9.96. The monoisotopic (exact) mass is 255 g/mol. The molecule has 0 saturated carbocycles. The summed E-state index contributed by atoms with van der Waals surface area (Å²) in [5.41, 5.74) is 0.381. The van der Waals surface area contributed by atoms with Crippen molar-refractivity contribution < 1.29 is 13.5 Å². The maximum atomic E-state index is 13.7. The molecule has 1 N–H and O–H groups in total. The van der Waals surface area contributed by atoms with Gasteiger partial charge in [0.25, 0.3) is 0 Å². The molecule has 1 aromatic rings. The van der Waals surface area contributed by atoms with Gasteiger partial charge >= 0.3 is 0 Å². The van der Waals surface area contributed by atoms with Crippen LogP contribution >= 0.6 is 0 Å². The molecule has 0 aliphatic carbocycles. The lowest BCUT2D eigenvalue weighted by Gasteiger charge is -2.27. The fraction of sp³-hybridized carbons (Fsp3) is 0.571. The van der Waals surface area contributed by atoms with Crippen molar-refractivity contribution in [3.8, 4) is 0 Å². The molecule has 1 fully saturated rings. The molecule has 18 heavy (non-hydrogen) atoms. The first-order valence-electron chi connectivity index (χ1n) is 6.45. The lowest BCUT2D eigenvalue weighted by molar-refractivity contribution is 0.00526. The first-order valence-corrected chi connectivity index (χ1v) is 6.45. The van der Waals surface area contributed by atoms with Crippen molar-refractivity contribution in [3.63, 3.8) is 0 Å². The molecule has 2 nitrogen and oxygen atoms in total. The fourth-order valence-corrected chi connectivity index (χ4v) is 2.45. The topological polar surface area (TPSA) is 21.3 Å². The van der Waals surface area contributed by atoms with Crippen LogP contribution in [-0.2, 0) is 4.74 Å². The van der Waals surface area contributed by atoms with Crippen LogP contribution in [-0.4, -0.2) is 19.8 Å². The van der Waals surface area contributed by atoms with Crippen molar-refractivity contribution in [2.45, 2.75) is 37.8 Å². The van der Waals surface area contributed by atoms with Gasteiger partial charge in [-0.05, 0) is 38.8 Å². The molecule has 1 saturated heterocycles. The Morgan fingerprint density at radius 2 is 2.22 bits per heavy atom. The Morgan fingerprint density at radius 3 is 2.89 bits per heavy atom. The van der Waals surface area contributed by atoms with Crippen molar-refractivity contribution in [1.82, 2.24) is 5.32 Å². The zero-order valence-electron chi connectivity index (χ0n) is 10.6. The second-order valence-corrected chi connectivity index (χ2v) is 4.71. The molecule has 1 aliphatic heterocycles. The normalized spacial score (nSPS) is 21.8. The molecule has 4 heteroatoms. The Balaban J connectivity index is 2.09. The van der Waals surface area contributed by atoms with Crippen LogP contribution in [0.2, 0.25) is 0 Å². The summed E-state index contributed by atoms with van der Waals surface area (Å²) in [6.07, 6.45) is 4.05. The molecule has 2 unspecified atom stereocenters. The van der Waals surface area contributed by atoms with E-state index in [2.05, 4.69) is 5.32 Å². The third-order valence-electron chi connectivity index (χ3n) is 3.48. The van der Waals surface area contributed by atoms with Crippen LogP contribution in [0.15, 0.2) is 18.2 Å². The highest BCUT2D eigenvalue weighted by molar-refractivity contribution is 5.22. The maximum absolute atomic E-state index is 13.7. The number of halogens is 2. The molecular weight excluding hydrogens is 236 g/mol. The van der Waals surface area contributed by atoms with Crippen molar-refractivity contribution in [3.05, 3.63) is 35.4 Å². The Bertz CT molecular complexity index is 391. The lowest BCUT2D eigenvalue weighted by Crippen LogP contribution is -2.27. The summed E-state index contributed by atoms with van der Waals surface area (Å²) in [5.74, 6) is -1.55. The van der Waals surface area contributed by atoms with Gasteiger partial charge in [-0.1, -0.05) is 12.1 Å². The quantitative estimate of drug-likeness (QED) is 0.892. The molecule has 2 atom stereocenters. The summed E-state index contributed by atoms with van der Waals surface area (Å²) in [7, 11) is 1.76. The van der Waals surface area contributed by atoms with E-state index >= 15 is 0 Å². The largest absolute Gasteiger partial charge is 0.378 e. The van der Waals surface area contributed by atoms with Crippen molar-refractivity contribution >= 4 is 0 Å². The second kappa shape index (κ2) is 6.25. The van der Waals surface area contributed by atoms with Gasteiger partial charge in [-0.15, -0.1) is 0 Å². The number of nitrogens with one attached hydrogen (secondary N) is 1. The average molecular weight is 255 g/mol. The third-order valence-corrected chi connectivity index (χ3v) is 3.48. The number of rotatable bonds is 4. The summed E-state index contributed by atoms with van der Waals surface area (Å²) in [6, 6.07) is 4.11. The van der Waals surface area contributed by atoms with Crippen LogP contribution in [0.3, 0.4) is 0 Å². The number of hydrogen-bond acceptors (Lipinski definition) is 2. The second-order valence-electron chi connectivity index (χ2n) is 4.71. The van der Waals surface area contributed by atoms with Gasteiger partial charge in [0.05, 0.1) is 6.10 Å². The molecule has 0 radical (unpaired) electrons. The van der Waals surface area contributed by atoms with E-state index in [0.29, 0.717) is 12.0 Å². The van der Waals surface area contributed by atoms with E-state index in [-0.39, 0.29) is 12.1 Å². The van der Waals surface area contributed by atoms with Crippen LogP contribution in [0.4, 0.5) is 8.78 Å². The average Bonchev–Trinajstić information content (AvgIpc) is 2.41. The highest BCUT2D eigenvalue weighted by Gasteiger charge is 2.22. The summed E-state index contributed by atoms with van der Waals surface area (Å²) in [5, 5.41) is 3.05. The predicted octanol–water partition coefficient (Wildman–Crippen LogP) is 3.18. The minimum Gasteiger partial charge on any atom is -0.378 e. The molecule has 2 rings (SSSR count). The molecule has 0 amide bonds. The van der Waals surface area contributed by atoms with Gasteiger partial charge < -0.3 is 10.1 Å². The van der Waals surface area contributed by atoms with Gasteiger partial charge in [0, 0.05) is 18.2 Å². The van der Waals surface area contributed by atoms with Crippen LogP contribution in [0, 0.1) is 11.6 Å². The van der Waals surface area contributed by atoms with E-state index in [4.69, 9.17) is 4.74 Å². The van der Waals surface area contributed by atoms with E-state index in [1.54, 1.807) is 19.2 Å². The minimum atomic E-state index is -0.794. The molecular formula is C14H19F2NO. The highest BCUT2D eigenvalue weighted by Crippen LogP contribution is 2.27. The number of hydrogen-bond donors (Lipinski definition) is 1. The smallest absolute Gasteiger partial charge is 0.163 e. The van der Waals surface area contributed by atoms with Crippen LogP contribution in [0.5, 0.6) is 0 Å². The van der Waals surface area contributed by atoms with Gasteiger partial charge in [0.2, 0.25) is 0 Å². The third kappa shape index (κ3) is 3.06. The van der Waals surface area contributed by atoms with E-state index in [1.165, 1.54) is 0 Å². The van der Waals surface area contributed by atoms with Crippen LogP contribution < -0.4 is 5.32 Å². The molecule has 1 aliphatic rings. The van der Waals surface area contributed by atoms with Gasteiger partial charge in [0.1, 0.15) is 0 Å². The van der Waals surface area contributed by atoms with E-state index in [1.807, 2.05) is 0 Å². The molecule has 1 aromatic carbocycles. The molecule has 0 aromatic heterocycles. The zero-order chi connectivity index (χ0) is 13.0. The minimum absolute atomic E-state index is 0.138. The fourth-order valence-electron chi connectivity index (χ4n) is 2.45. The Morgan fingerprint density at radius 1 is 1.39 bits per heavy atom. The first kappa shape index (κ1) is 13.4. The Labute approximate surface area is 106 Å². The molecule has 1 heterocycles. The van der Waals surface area contributed by atoms with Crippen molar-refractivity contribution in [2.24, 2.45) is 0 Å². The summed E-state index contributed by atoms with van der Waals surface area (Å²) in [4.78, 5) is 0. The van der Waals surface area contributed by atoms with Crippen molar-refractivity contribution in [1.29, 1.82) is 0 Å². The first-order chi connectivity index (χ1) is 8.72. The summed E-state index contributed by atoms with van der Waals surface area (Å²) in [6.45, 7) is 0.771. The molecule has 100 valence electrons. The van der Waals surface area contributed by atoms with E-state index in [0.717, 1.165) is 31.9 Å². The number of benzene rings is 1. The molecule has 0 bridgehead atoms. The van der Waals surface area contributed by atoms with Crippen LogP contribution in [0.25, 0.3) is 0 Å². The van der Waals surface area contributed by atoms with Crippen LogP contribution in [0.1, 0.15) is 37.3 Å². The zero-order valence-corrected chi connectivity index (χ0v) is 10.6. The summed E-state index contributed by atoms with van der Waals surface area (Å²) < 4.78 is 32.6.